The van der Waals surface area contributed by atoms with E-state index >= 15 is 0 Å². The second-order valence-electron chi connectivity index (χ2n) is 14.1. The summed E-state index contributed by atoms with van der Waals surface area (Å²) >= 11 is 0. The Bertz CT molecular complexity index is 2560. The molecule has 1 amide bonds. The van der Waals surface area contributed by atoms with Crippen molar-refractivity contribution in [3.63, 3.8) is 0 Å². The number of carbonyl (C=O) groups is 1. The van der Waals surface area contributed by atoms with E-state index in [1.807, 2.05) is 6.07 Å². The number of allylic oxidation sites excluding steroid dienone is 2. The summed E-state index contributed by atoms with van der Waals surface area (Å²) in [7, 11) is -15.6. The van der Waals surface area contributed by atoms with Gasteiger partial charge in [-0.2, -0.15) is 8.61 Å². The van der Waals surface area contributed by atoms with Gasteiger partial charge in [0, 0.05) is 75.4 Å². The van der Waals surface area contributed by atoms with E-state index in [4.69, 9.17) is 0 Å². The first kappa shape index (κ1) is 43.8. The summed E-state index contributed by atoms with van der Waals surface area (Å²) in [6.45, 7) is 0.921. The highest BCUT2D eigenvalue weighted by atomic mass is 32.2. The van der Waals surface area contributed by atoms with E-state index in [1.165, 1.54) is 32.9 Å². The monoisotopic (exact) mass is 888 g/mol. The van der Waals surface area contributed by atoms with Gasteiger partial charge in [0.25, 0.3) is 0 Å². The molecule has 0 aliphatic carbocycles. The average Bonchev–Trinajstić information content (AvgIpc) is 4.02. The summed E-state index contributed by atoms with van der Waals surface area (Å²) in [5, 5.41) is 17.9. The van der Waals surface area contributed by atoms with Crippen LogP contribution in [-0.4, -0.2) is 113 Å². The highest BCUT2D eigenvalue weighted by Gasteiger charge is 2.34. The molecule has 2 aliphatic rings. The second kappa shape index (κ2) is 19.1. The van der Waals surface area contributed by atoms with Crippen LogP contribution in [0.2, 0.25) is 0 Å². The molecule has 23 heteroatoms. The van der Waals surface area contributed by atoms with Crippen LogP contribution < -0.4 is 14.8 Å². The molecule has 4 N–H and O–H groups in total. The Balaban J connectivity index is 0.901. The van der Waals surface area contributed by atoms with Crippen LogP contribution in [0.3, 0.4) is 0 Å². The number of aromatic amines is 1. The van der Waals surface area contributed by atoms with Crippen LogP contribution in [0.25, 0.3) is 0 Å². The van der Waals surface area contributed by atoms with Crippen molar-refractivity contribution in [1.82, 2.24) is 49.0 Å². The van der Waals surface area contributed by atoms with Crippen molar-refractivity contribution < 1.29 is 38.5 Å². The minimum atomic E-state index is -3.98. The van der Waals surface area contributed by atoms with Crippen molar-refractivity contribution >= 4 is 46.0 Å². The highest BCUT2D eigenvalue weighted by Crippen LogP contribution is 2.26. The molecule has 0 spiro atoms. The summed E-state index contributed by atoms with van der Waals surface area (Å²) in [4.78, 5) is 16.5. The number of nitrogens with one attached hydrogen (secondary N) is 4. The predicted molar refractivity (Wildman–Crippen MR) is 216 cm³/mol. The molecule has 2 aromatic heterocycles. The van der Waals surface area contributed by atoms with Crippen LogP contribution in [0.4, 0.5) is 0 Å². The fraction of sp³-hybridized carbons (Fsp3) is 0.361. The normalized spacial score (nSPS) is 18.6. The van der Waals surface area contributed by atoms with Crippen molar-refractivity contribution in [2.45, 2.75) is 42.0 Å². The SMILES string of the molecule is O=C(Cc1ccc(S(=O)(=O)N2CCC(CNS(=O)(=O)/C=C\C=C/S(=O)(=O)NCC3CCN(S(=O)(=O)c4ccc(Cc5nnn[nH]5)cc4)C3)C2)cc1)NCc1cccnc1. The number of aromatic nitrogens is 5. The van der Waals surface area contributed by atoms with Crippen molar-refractivity contribution in [2.75, 3.05) is 39.3 Å². The van der Waals surface area contributed by atoms with Gasteiger partial charge in [0.2, 0.25) is 46.0 Å². The molecule has 2 atom stereocenters. The molecule has 316 valence electrons. The maximum Gasteiger partial charge on any atom is 0.243 e. The molecule has 19 nitrogen and oxygen atoms in total. The fourth-order valence-electron chi connectivity index (χ4n) is 6.48. The number of sulfonamides is 4. The Morgan fingerprint density at radius 1 is 0.729 bits per heavy atom. The Hall–Kier alpha value is -4.75. The van der Waals surface area contributed by atoms with Crippen LogP contribution in [0, 0.1) is 11.8 Å². The zero-order valence-electron chi connectivity index (χ0n) is 31.7. The van der Waals surface area contributed by atoms with Crippen LogP contribution in [0.15, 0.2) is 106 Å². The van der Waals surface area contributed by atoms with E-state index in [0.717, 1.165) is 34.1 Å². The number of nitrogens with zero attached hydrogens (tertiary/aromatic N) is 6. The van der Waals surface area contributed by atoms with Gasteiger partial charge in [0.15, 0.2) is 5.82 Å². The van der Waals surface area contributed by atoms with Gasteiger partial charge in [-0.15, -0.1) is 5.10 Å². The fourth-order valence-corrected chi connectivity index (χ4v) is 11.3. The van der Waals surface area contributed by atoms with Gasteiger partial charge < -0.3 is 5.32 Å². The minimum Gasteiger partial charge on any atom is -0.352 e. The molecule has 0 saturated carbocycles. The summed E-state index contributed by atoms with van der Waals surface area (Å²) in [5.41, 5.74) is 2.31. The first-order valence-electron chi connectivity index (χ1n) is 18.5. The summed E-state index contributed by atoms with van der Waals surface area (Å²) in [6.07, 6.45) is 6.75. The Labute approximate surface area is 343 Å². The number of carbonyl (C=O) groups excluding carboxylic acids is 1. The summed E-state index contributed by atoms with van der Waals surface area (Å²) in [5.74, 6) is -0.255. The molecular formula is C36H44N10O9S4. The van der Waals surface area contributed by atoms with Gasteiger partial charge >= 0.3 is 0 Å². The smallest absolute Gasteiger partial charge is 0.243 e. The van der Waals surface area contributed by atoms with Gasteiger partial charge in [-0.25, -0.2) is 48.2 Å². The lowest BCUT2D eigenvalue weighted by Gasteiger charge is -2.17. The Morgan fingerprint density at radius 3 is 1.76 bits per heavy atom. The number of benzene rings is 2. The molecule has 2 fully saturated rings. The van der Waals surface area contributed by atoms with Gasteiger partial charge in [-0.1, -0.05) is 30.3 Å². The Morgan fingerprint density at radius 2 is 1.27 bits per heavy atom. The average molecular weight is 889 g/mol. The van der Waals surface area contributed by atoms with Crippen LogP contribution in [0.1, 0.15) is 35.4 Å². The first-order chi connectivity index (χ1) is 28.1. The number of amides is 1. The number of H-pyrrole nitrogens is 1. The van der Waals surface area contributed by atoms with E-state index in [-0.39, 0.29) is 73.2 Å². The Kier molecular flexibility index (Phi) is 14.2. The summed E-state index contributed by atoms with van der Waals surface area (Å²) in [6, 6.07) is 16.1. The zero-order valence-corrected chi connectivity index (χ0v) is 34.9. The molecule has 0 radical (unpaired) electrons. The van der Waals surface area contributed by atoms with Gasteiger partial charge in [-0.3, -0.25) is 9.78 Å². The largest absolute Gasteiger partial charge is 0.352 e. The van der Waals surface area contributed by atoms with Crippen LogP contribution >= 0.6 is 0 Å². The van der Waals surface area contributed by atoms with Crippen LogP contribution in [-0.2, 0) is 64.3 Å². The third kappa shape index (κ3) is 12.4. The zero-order chi connectivity index (χ0) is 42.1. The van der Waals surface area contributed by atoms with Crippen molar-refractivity contribution in [2.24, 2.45) is 11.8 Å². The molecule has 4 heterocycles. The number of tetrazole rings is 1. The van der Waals surface area contributed by atoms with Crippen molar-refractivity contribution in [3.8, 4) is 0 Å². The quantitative estimate of drug-likeness (QED) is 0.0944. The predicted octanol–water partition coefficient (Wildman–Crippen LogP) is 0.632. The topological polar surface area (TPSA) is 264 Å². The molecule has 6 rings (SSSR count). The van der Waals surface area contributed by atoms with Gasteiger partial charge in [0.1, 0.15) is 0 Å². The van der Waals surface area contributed by atoms with E-state index in [9.17, 15) is 38.5 Å². The number of hydrogen-bond acceptors (Lipinski definition) is 13. The van der Waals surface area contributed by atoms with Gasteiger partial charge in [0.05, 0.1) is 16.2 Å². The lowest BCUT2D eigenvalue weighted by atomic mass is 10.1. The van der Waals surface area contributed by atoms with Gasteiger partial charge in [-0.05, 0) is 94.3 Å². The standard InChI is InChI=1S/C36H44N10O9S4/c47-36(38-23-30-4-3-15-37-22-30)21-29-7-11-34(12-8-29)59(54,55)46-17-14-32(27-46)25-40-57(50,51)19-2-1-18-56(48,49)39-24-31-13-16-45(26-31)58(52,53)33-9-5-28(6-10-33)20-35-41-43-44-42-35/h1-12,15,18-19,22,31-32,39-40H,13-14,16-17,20-21,23-27H2,(H,38,47)(H,41,42,43,44)/b18-1-,19-2-. The molecular weight excluding hydrogens is 845 g/mol. The maximum absolute atomic E-state index is 13.3. The van der Waals surface area contributed by atoms with Crippen molar-refractivity contribution in [3.05, 3.63) is 119 Å². The molecule has 4 aromatic rings. The lowest BCUT2D eigenvalue weighted by Crippen LogP contribution is -2.32. The molecule has 0 bridgehead atoms. The number of hydrogen-bond donors (Lipinski definition) is 4. The first-order valence-corrected chi connectivity index (χ1v) is 24.5. The van der Waals surface area contributed by atoms with Crippen LogP contribution in [0.5, 0.6) is 0 Å². The molecule has 2 aliphatic heterocycles. The third-order valence-electron chi connectivity index (χ3n) is 9.73. The maximum atomic E-state index is 13.3. The highest BCUT2D eigenvalue weighted by molar-refractivity contribution is 7.92. The third-order valence-corrected chi connectivity index (χ3v) is 15.7. The molecule has 2 saturated heterocycles. The number of rotatable bonds is 19. The minimum absolute atomic E-state index is 0.0153. The molecule has 2 aromatic carbocycles. The molecule has 59 heavy (non-hydrogen) atoms. The van der Waals surface area contributed by atoms with E-state index in [0.29, 0.717) is 37.2 Å². The second-order valence-corrected chi connectivity index (χ2v) is 21.3. The lowest BCUT2D eigenvalue weighted by molar-refractivity contribution is -0.120. The number of pyridine rings is 1. The van der Waals surface area contributed by atoms with Crippen molar-refractivity contribution in [1.29, 1.82) is 0 Å². The molecule has 2 unspecified atom stereocenters. The van der Waals surface area contributed by atoms with E-state index in [2.05, 4.69) is 40.4 Å². The summed E-state index contributed by atoms with van der Waals surface area (Å²) < 4.78 is 111. The van der Waals surface area contributed by atoms with E-state index in [1.54, 1.807) is 42.7 Å². The van der Waals surface area contributed by atoms with E-state index < -0.39 is 40.1 Å².